The van der Waals surface area contributed by atoms with Crippen LogP contribution in [-0.4, -0.2) is 29.5 Å². The van der Waals surface area contributed by atoms with E-state index in [0.29, 0.717) is 17.1 Å². The van der Waals surface area contributed by atoms with Crippen LogP contribution in [0.25, 0.3) is 0 Å². The molecular formula is C14H14N2O5. The number of carboxylic acids is 1. The molecule has 2 rings (SSSR count). The van der Waals surface area contributed by atoms with E-state index in [0.717, 1.165) is 0 Å². The van der Waals surface area contributed by atoms with Crippen molar-refractivity contribution in [1.29, 1.82) is 0 Å². The third kappa shape index (κ3) is 3.19. The van der Waals surface area contributed by atoms with E-state index >= 15 is 0 Å². The number of hydrogen-bond donors (Lipinski definition) is 3. The first-order valence-corrected chi connectivity index (χ1v) is 6.17. The lowest BCUT2D eigenvalue weighted by Gasteiger charge is -2.18. The first kappa shape index (κ1) is 14.6. The van der Waals surface area contributed by atoms with Gasteiger partial charge in [-0.15, -0.1) is 0 Å². The molecule has 7 heteroatoms. The van der Waals surface area contributed by atoms with Crippen molar-refractivity contribution in [2.45, 2.75) is 13.8 Å². The number of hydrogen-bond acceptors (Lipinski definition) is 4. The van der Waals surface area contributed by atoms with E-state index in [2.05, 4.69) is 10.6 Å². The van der Waals surface area contributed by atoms with Crippen LogP contribution >= 0.6 is 0 Å². The van der Waals surface area contributed by atoms with Gasteiger partial charge >= 0.3 is 5.97 Å². The molecule has 1 aromatic carbocycles. The molecule has 0 spiro atoms. The zero-order valence-electron chi connectivity index (χ0n) is 11.5. The minimum atomic E-state index is -1.14. The fraction of sp³-hybridized carbons (Fsp3) is 0.214. The number of fused-ring (bicyclic) bond motifs is 1. The average molecular weight is 290 g/mol. The molecule has 0 aromatic heterocycles. The van der Waals surface area contributed by atoms with Crippen molar-refractivity contribution in [3.8, 4) is 5.75 Å². The molecule has 3 N–H and O–H groups in total. The summed E-state index contributed by atoms with van der Waals surface area (Å²) in [5.74, 6) is -1.42. The molecule has 0 atom stereocenters. The molecule has 2 amide bonds. The molecule has 110 valence electrons. The van der Waals surface area contributed by atoms with Gasteiger partial charge in [0.1, 0.15) is 5.75 Å². The Morgan fingerprint density at radius 1 is 1.29 bits per heavy atom. The van der Waals surface area contributed by atoms with Crippen LogP contribution in [-0.2, 0) is 14.4 Å². The SMILES string of the molecule is CC(C(=O)O)=C(C)C(=O)Nc1ccc2c(c1)NC(=O)CO2. The second kappa shape index (κ2) is 5.66. The van der Waals surface area contributed by atoms with E-state index in [1.54, 1.807) is 18.2 Å². The van der Waals surface area contributed by atoms with Crippen molar-refractivity contribution in [2.24, 2.45) is 0 Å². The molecule has 1 aromatic rings. The molecule has 0 bridgehead atoms. The molecule has 0 fully saturated rings. The van der Waals surface area contributed by atoms with Crippen LogP contribution in [0.2, 0.25) is 0 Å². The summed E-state index contributed by atoms with van der Waals surface area (Å²) in [5, 5.41) is 14.1. The summed E-state index contributed by atoms with van der Waals surface area (Å²) < 4.78 is 5.20. The minimum absolute atomic E-state index is 0.0258. The molecule has 21 heavy (non-hydrogen) atoms. The molecule has 1 aliphatic heterocycles. The van der Waals surface area contributed by atoms with Gasteiger partial charge < -0.3 is 20.5 Å². The van der Waals surface area contributed by atoms with Gasteiger partial charge in [0.2, 0.25) is 0 Å². The number of carbonyl (C=O) groups excluding carboxylic acids is 2. The number of ether oxygens (including phenoxy) is 1. The highest BCUT2D eigenvalue weighted by Gasteiger charge is 2.17. The lowest BCUT2D eigenvalue weighted by atomic mass is 10.1. The van der Waals surface area contributed by atoms with Crippen LogP contribution in [0.5, 0.6) is 5.75 Å². The van der Waals surface area contributed by atoms with Crippen LogP contribution in [0.1, 0.15) is 13.8 Å². The van der Waals surface area contributed by atoms with Gasteiger partial charge in [0.25, 0.3) is 11.8 Å². The summed E-state index contributed by atoms with van der Waals surface area (Å²) in [6, 6.07) is 4.78. The number of anilines is 2. The number of carbonyl (C=O) groups is 3. The number of benzene rings is 1. The largest absolute Gasteiger partial charge is 0.482 e. The molecule has 0 unspecified atom stereocenters. The van der Waals surface area contributed by atoms with E-state index < -0.39 is 11.9 Å². The first-order valence-electron chi connectivity index (χ1n) is 6.17. The lowest BCUT2D eigenvalue weighted by molar-refractivity contribution is -0.133. The summed E-state index contributed by atoms with van der Waals surface area (Å²) in [7, 11) is 0. The second-order valence-electron chi connectivity index (χ2n) is 4.56. The minimum Gasteiger partial charge on any atom is -0.482 e. The van der Waals surface area contributed by atoms with E-state index in [9.17, 15) is 14.4 Å². The zero-order chi connectivity index (χ0) is 15.6. The molecule has 0 radical (unpaired) electrons. The van der Waals surface area contributed by atoms with Gasteiger partial charge in [-0.1, -0.05) is 0 Å². The average Bonchev–Trinajstić information content (AvgIpc) is 2.45. The number of nitrogens with one attached hydrogen (secondary N) is 2. The maximum absolute atomic E-state index is 11.9. The van der Waals surface area contributed by atoms with Crippen molar-refractivity contribution >= 4 is 29.2 Å². The smallest absolute Gasteiger partial charge is 0.331 e. The summed E-state index contributed by atoms with van der Waals surface area (Å²) in [5.41, 5.74) is 0.977. The Morgan fingerprint density at radius 3 is 2.67 bits per heavy atom. The maximum atomic E-state index is 11.9. The van der Waals surface area contributed by atoms with Gasteiger partial charge in [-0.25, -0.2) is 4.79 Å². The number of carboxylic acid groups (broad SMARTS) is 1. The molecule has 0 saturated heterocycles. The summed E-state index contributed by atoms with van der Waals surface area (Å²) >= 11 is 0. The van der Waals surface area contributed by atoms with Gasteiger partial charge in [-0.05, 0) is 32.0 Å². The van der Waals surface area contributed by atoms with E-state index in [1.807, 2.05) is 0 Å². The topological polar surface area (TPSA) is 105 Å². The summed E-state index contributed by atoms with van der Waals surface area (Å²) in [6.07, 6.45) is 0. The Bertz CT molecular complexity index is 663. The summed E-state index contributed by atoms with van der Waals surface area (Å²) in [6.45, 7) is 2.75. The van der Waals surface area contributed by atoms with Gasteiger partial charge in [0.15, 0.2) is 6.61 Å². The van der Waals surface area contributed by atoms with Crippen molar-refractivity contribution < 1.29 is 24.2 Å². The van der Waals surface area contributed by atoms with Crippen LogP contribution in [0.4, 0.5) is 11.4 Å². The van der Waals surface area contributed by atoms with E-state index in [4.69, 9.17) is 9.84 Å². The zero-order valence-corrected chi connectivity index (χ0v) is 11.5. The number of rotatable bonds is 3. The Morgan fingerprint density at radius 2 is 2.00 bits per heavy atom. The lowest BCUT2D eigenvalue weighted by Crippen LogP contribution is -2.25. The van der Waals surface area contributed by atoms with Crippen LogP contribution in [0.15, 0.2) is 29.3 Å². The highest BCUT2D eigenvalue weighted by atomic mass is 16.5. The molecule has 1 aliphatic rings. The Labute approximate surface area is 120 Å². The quantitative estimate of drug-likeness (QED) is 0.729. The van der Waals surface area contributed by atoms with Crippen LogP contribution in [0, 0.1) is 0 Å². The fourth-order valence-electron chi connectivity index (χ4n) is 1.72. The van der Waals surface area contributed by atoms with E-state index in [-0.39, 0.29) is 23.7 Å². The Balaban J connectivity index is 2.19. The third-order valence-electron chi connectivity index (χ3n) is 3.09. The van der Waals surface area contributed by atoms with Gasteiger partial charge in [-0.3, -0.25) is 9.59 Å². The fourth-order valence-corrected chi connectivity index (χ4v) is 1.72. The summed E-state index contributed by atoms with van der Waals surface area (Å²) in [4.78, 5) is 34.0. The highest BCUT2D eigenvalue weighted by Crippen LogP contribution is 2.30. The normalized spacial score (nSPS) is 14.3. The van der Waals surface area contributed by atoms with Crippen LogP contribution in [0.3, 0.4) is 0 Å². The monoisotopic (exact) mass is 290 g/mol. The predicted octanol–water partition coefficient (Wildman–Crippen LogP) is 1.38. The van der Waals surface area contributed by atoms with Crippen molar-refractivity contribution in [2.75, 3.05) is 17.2 Å². The molecular weight excluding hydrogens is 276 g/mol. The molecule has 1 heterocycles. The van der Waals surface area contributed by atoms with Gasteiger partial charge in [0, 0.05) is 16.8 Å². The van der Waals surface area contributed by atoms with E-state index in [1.165, 1.54) is 13.8 Å². The molecule has 7 nitrogen and oxygen atoms in total. The van der Waals surface area contributed by atoms with Crippen molar-refractivity contribution in [3.05, 3.63) is 29.3 Å². The number of aliphatic carboxylic acids is 1. The van der Waals surface area contributed by atoms with Crippen LogP contribution < -0.4 is 15.4 Å². The van der Waals surface area contributed by atoms with Gasteiger partial charge in [-0.2, -0.15) is 0 Å². The van der Waals surface area contributed by atoms with Crippen molar-refractivity contribution in [1.82, 2.24) is 0 Å². The first-order chi connectivity index (χ1) is 9.88. The van der Waals surface area contributed by atoms with Crippen molar-refractivity contribution in [3.63, 3.8) is 0 Å². The Hall–Kier alpha value is -2.83. The molecule has 0 saturated carbocycles. The maximum Gasteiger partial charge on any atom is 0.331 e. The Kier molecular flexibility index (Phi) is 3.93. The number of amides is 2. The molecule has 0 aliphatic carbocycles. The second-order valence-corrected chi connectivity index (χ2v) is 4.56. The standard InChI is InChI=1S/C14H14N2O5/c1-7(8(2)14(19)20)13(18)15-9-3-4-11-10(5-9)16-12(17)6-21-11/h3-5H,6H2,1-2H3,(H,15,18)(H,16,17)(H,19,20). The third-order valence-corrected chi connectivity index (χ3v) is 3.09. The predicted molar refractivity (Wildman–Crippen MR) is 75.2 cm³/mol. The highest BCUT2D eigenvalue weighted by molar-refractivity contribution is 6.08. The van der Waals surface area contributed by atoms with Gasteiger partial charge in [0.05, 0.1) is 5.69 Å².